The van der Waals surface area contributed by atoms with Gasteiger partial charge in [-0.15, -0.1) is 0 Å². The van der Waals surface area contributed by atoms with Gasteiger partial charge in [-0.3, -0.25) is 4.79 Å². The first-order valence-corrected chi connectivity index (χ1v) is 6.88. The van der Waals surface area contributed by atoms with E-state index in [4.69, 9.17) is 5.73 Å². The van der Waals surface area contributed by atoms with Crippen LogP contribution in [0.4, 0.5) is 0 Å². The average molecular weight is 254 g/mol. The predicted octanol–water partition coefficient (Wildman–Crippen LogP) is -0.103. The van der Waals surface area contributed by atoms with E-state index in [9.17, 15) is 14.8 Å². The van der Waals surface area contributed by atoms with Crippen molar-refractivity contribution in [3.63, 3.8) is 0 Å². The molecular formula is C12H23BN2O3. The molecule has 0 spiro atoms. The first kappa shape index (κ1) is 13.8. The highest BCUT2D eigenvalue weighted by Crippen LogP contribution is 2.40. The third-order valence-electron chi connectivity index (χ3n) is 4.69. The van der Waals surface area contributed by atoms with Crippen molar-refractivity contribution >= 4 is 13.0 Å². The van der Waals surface area contributed by atoms with Crippen LogP contribution in [0.25, 0.3) is 0 Å². The van der Waals surface area contributed by atoms with Crippen molar-refractivity contribution < 1.29 is 14.8 Å². The number of carbonyl (C=O) groups is 1. The van der Waals surface area contributed by atoms with Gasteiger partial charge in [-0.25, -0.2) is 0 Å². The minimum absolute atomic E-state index is 0.116. The molecule has 0 unspecified atom stereocenters. The zero-order valence-electron chi connectivity index (χ0n) is 11.0. The molecule has 2 atom stereocenters. The molecule has 6 heteroatoms. The molecule has 1 heterocycles. The van der Waals surface area contributed by atoms with Crippen LogP contribution in [-0.4, -0.2) is 46.5 Å². The predicted molar refractivity (Wildman–Crippen MR) is 69.5 cm³/mol. The van der Waals surface area contributed by atoms with Crippen molar-refractivity contribution in [1.82, 2.24) is 4.90 Å². The first-order chi connectivity index (χ1) is 8.46. The van der Waals surface area contributed by atoms with Crippen LogP contribution in [0.5, 0.6) is 0 Å². The molecule has 2 rings (SSSR count). The monoisotopic (exact) mass is 254 g/mol. The van der Waals surface area contributed by atoms with Crippen LogP contribution >= 0.6 is 0 Å². The van der Waals surface area contributed by atoms with Crippen LogP contribution in [0, 0.1) is 5.41 Å². The second-order valence-corrected chi connectivity index (χ2v) is 5.99. The molecule has 1 saturated carbocycles. The largest absolute Gasteiger partial charge is 0.475 e. The van der Waals surface area contributed by atoms with E-state index >= 15 is 0 Å². The van der Waals surface area contributed by atoms with E-state index in [1.807, 2.05) is 0 Å². The quantitative estimate of drug-likeness (QED) is 0.614. The Morgan fingerprint density at radius 1 is 1.39 bits per heavy atom. The fraction of sp³-hybridized carbons (Fsp3) is 0.917. The second-order valence-electron chi connectivity index (χ2n) is 5.99. The van der Waals surface area contributed by atoms with Gasteiger partial charge in [0.2, 0.25) is 5.91 Å². The Kier molecular flexibility index (Phi) is 3.99. The van der Waals surface area contributed by atoms with Gasteiger partial charge >= 0.3 is 7.12 Å². The number of nitrogens with two attached hydrogens (primary N) is 1. The van der Waals surface area contributed by atoms with Crippen LogP contribution in [0.15, 0.2) is 0 Å². The van der Waals surface area contributed by atoms with Gasteiger partial charge in [-0.05, 0) is 31.1 Å². The molecule has 0 aromatic carbocycles. The smallest absolute Gasteiger partial charge is 0.426 e. The molecule has 1 amide bonds. The van der Waals surface area contributed by atoms with Crippen LogP contribution in [0.2, 0.25) is 0 Å². The summed E-state index contributed by atoms with van der Waals surface area (Å²) in [6.07, 6.45) is 5.69. The summed E-state index contributed by atoms with van der Waals surface area (Å²) in [5.41, 5.74) is 6.02. The molecule has 0 radical (unpaired) electrons. The fourth-order valence-electron chi connectivity index (χ4n) is 3.35. The summed E-state index contributed by atoms with van der Waals surface area (Å²) in [6.45, 7) is 2.66. The summed E-state index contributed by atoms with van der Waals surface area (Å²) in [6, 6.07) is -0.514. The SMILES string of the molecule is CC1([C@H](N)C(=O)N2CCC[C@H]2B(O)O)CCCC1. The molecular weight excluding hydrogens is 231 g/mol. The van der Waals surface area contributed by atoms with Crippen molar-refractivity contribution in [3.05, 3.63) is 0 Å². The van der Waals surface area contributed by atoms with E-state index in [0.717, 1.165) is 32.1 Å². The number of carbonyl (C=O) groups excluding carboxylic acids is 1. The van der Waals surface area contributed by atoms with Crippen molar-refractivity contribution in [2.75, 3.05) is 6.54 Å². The van der Waals surface area contributed by atoms with E-state index in [1.54, 1.807) is 4.90 Å². The standard InChI is InChI=1S/C12H23BN2O3/c1-12(6-2-3-7-12)10(14)11(16)15-8-4-5-9(15)13(17)18/h9-10,17-18H,2-8,14H2,1H3/t9-,10+/m0/s1. The normalized spacial score (nSPS) is 28.4. The van der Waals surface area contributed by atoms with Crippen LogP contribution < -0.4 is 5.73 Å². The van der Waals surface area contributed by atoms with Gasteiger partial charge in [-0.1, -0.05) is 19.8 Å². The summed E-state index contributed by atoms with van der Waals surface area (Å²) >= 11 is 0. The number of nitrogens with zero attached hydrogens (tertiary/aromatic N) is 1. The number of rotatable bonds is 3. The molecule has 1 saturated heterocycles. The highest BCUT2D eigenvalue weighted by Gasteiger charge is 2.44. The summed E-state index contributed by atoms with van der Waals surface area (Å²) in [5, 5.41) is 18.6. The Balaban J connectivity index is 2.06. The molecule has 2 aliphatic rings. The Morgan fingerprint density at radius 2 is 2.00 bits per heavy atom. The van der Waals surface area contributed by atoms with Gasteiger partial charge in [0.15, 0.2) is 0 Å². The van der Waals surface area contributed by atoms with Crippen molar-refractivity contribution in [2.45, 2.75) is 57.4 Å². The molecule has 18 heavy (non-hydrogen) atoms. The lowest BCUT2D eigenvalue weighted by molar-refractivity contribution is -0.135. The molecule has 102 valence electrons. The summed E-state index contributed by atoms with van der Waals surface area (Å²) in [5.74, 6) is -0.594. The van der Waals surface area contributed by atoms with E-state index in [1.165, 1.54) is 0 Å². The van der Waals surface area contributed by atoms with Gasteiger partial charge in [0.25, 0.3) is 0 Å². The van der Waals surface area contributed by atoms with E-state index in [0.29, 0.717) is 13.0 Å². The maximum absolute atomic E-state index is 12.4. The molecule has 4 N–H and O–H groups in total. The van der Waals surface area contributed by atoms with Crippen LogP contribution in [0.3, 0.4) is 0 Å². The van der Waals surface area contributed by atoms with Gasteiger partial charge in [0, 0.05) is 6.54 Å². The van der Waals surface area contributed by atoms with Crippen LogP contribution in [-0.2, 0) is 4.79 Å². The van der Waals surface area contributed by atoms with E-state index in [2.05, 4.69) is 6.92 Å². The lowest BCUT2D eigenvalue weighted by atomic mass is 9.76. The molecule has 0 aromatic heterocycles. The highest BCUT2D eigenvalue weighted by molar-refractivity contribution is 6.43. The van der Waals surface area contributed by atoms with Gasteiger partial charge in [0.1, 0.15) is 0 Å². The molecule has 1 aliphatic carbocycles. The third-order valence-corrected chi connectivity index (χ3v) is 4.69. The zero-order chi connectivity index (χ0) is 13.3. The topological polar surface area (TPSA) is 86.8 Å². The fourth-order valence-corrected chi connectivity index (χ4v) is 3.35. The molecule has 0 bridgehead atoms. The summed E-state index contributed by atoms with van der Waals surface area (Å²) in [4.78, 5) is 14.0. The number of hydrogen-bond donors (Lipinski definition) is 3. The molecule has 2 fully saturated rings. The number of likely N-dealkylation sites (tertiary alicyclic amines) is 1. The van der Waals surface area contributed by atoms with Gasteiger partial charge < -0.3 is 20.7 Å². The maximum Gasteiger partial charge on any atom is 0.475 e. The van der Waals surface area contributed by atoms with Crippen LogP contribution in [0.1, 0.15) is 45.4 Å². The lowest BCUT2D eigenvalue weighted by Crippen LogP contribution is -2.55. The van der Waals surface area contributed by atoms with Crippen molar-refractivity contribution in [1.29, 1.82) is 0 Å². The second kappa shape index (κ2) is 5.19. The van der Waals surface area contributed by atoms with Gasteiger partial charge in [0.05, 0.1) is 12.0 Å². The maximum atomic E-state index is 12.4. The number of hydrogen-bond acceptors (Lipinski definition) is 4. The van der Waals surface area contributed by atoms with E-state index < -0.39 is 19.1 Å². The molecule has 5 nitrogen and oxygen atoms in total. The minimum Gasteiger partial charge on any atom is -0.426 e. The third kappa shape index (κ3) is 2.42. The van der Waals surface area contributed by atoms with E-state index in [-0.39, 0.29) is 11.3 Å². The van der Waals surface area contributed by atoms with Crippen molar-refractivity contribution in [2.24, 2.45) is 11.1 Å². The zero-order valence-corrected chi connectivity index (χ0v) is 11.0. The average Bonchev–Trinajstić information content (AvgIpc) is 2.96. The molecule has 0 aromatic rings. The Labute approximate surface area is 108 Å². The Hall–Kier alpha value is -0.585. The number of amides is 1. The minimum atomic E-state index is -1.46. The van der Waals surface area contributed by atoms with Gasteiger partial charge in [-0.2, -0.15) is 0 Å². The lowest BCUT2D eigenvalue weighted by Gasteiger charge is -2.35. The Morgan fingerprint density at radius 3 is 2.56 bits per heavy atom. The summed E-state index contributed by atoms with van der Waals surface area (Å²) < 4.78 is 0. The highest BCUT2D eigenvalue weighted by atomic mass is 16.4. The first-order valence-electron chi connectivity index (χ1n) is 6.88. The molecule has 1 aliphatic heterocycles. The summed E-state index contributed by atoms with van der Waals surface area (Å²) in [7, 11) is -1.46. The Bertz CT molecular complexity index is 314. The van der Waals surface area contributed by atoms with Crippen molar-refractivity contribution in [3.8, 4) is 0 Å².